The third kappa shape index (κ3) is 83.8. The number of rotatable bonds is 74. The first-order valence-electron chi connectivity index (χ1n) is 49.3. The van der Waals surface area contributed by atoms with Crippen LogP contribution in [0, 0.1) is 16.2 Å². The molecule has 836 valence electrons. The Morgan fingerprint density at radius 2 is 0.270 bits per heavy atom. The van der Waals surface area contributed by atoms with E-state index in [2.05, 4.69) is 327 Å². The monoisotopic (exact) mass is 2340 g/mol. The predicted octanol–water partition coefficient (Wildman–Crippen LogP) is 24.4. The van der Waals surface area contributed by atoms with Gasteiger partial charge in [-0.05, 0) is 402 Å². The standard InChI is InChI=1S/C33H88O12Si10.C29H76O10Si8.C21H52O6Si4.4CH4/c1-46(2,3)38-50(13,14)42-54(21,43-51(15,16)39-47(4,5)6)27-23-25-36-31-33(29-34,30-35)32-37-26-24-28-55(22,44-52(17,18)40-48(7,8)9)45-53(19,20)41-49(10,11)12;1-40(2,3)34-44(13,14)38-46(17,36-42(7,8)9)23-19-21-32-27-29(25-30,26-31)28-33-22-20-24-47(18,37-43(10,11)12)39-45(15,16)35-41(4,5)6;1-28(2,3)26-30(7,8)15-11-13-24-19-21(17-22,18-23)20-25-14-12-16-31(9,10)27-29(4,5)6;;;;/h34-35H,23-32H2,1-22H3;30-31H,19-28H2,1-18H3;22-23H,11-20H2,1-10H3;4*1H4. The summed E-state index contributed by atoms with van der Waals surface area (Å²) in [5, 5.41) is 61.1. The van der Waals surface area contributed by atoms with Crippen LogP contribution < -0.4 is 0 Å². The summed E-state index contributed by atoms with van der Waals surface area (Å²) < 4.78 is 143. The van der Waals surface area contributed by atoms with Crippen LogP contribution in [0.15, 0.2) is 0 Å². The lowest BCUT2D eigenvalue weighted by molar-refractivity contribution is -0.0770. The van der Waals surface area contributed by atoms with Crippen molar-refractivity contribution in [3.8, 4) is 0 Å². The molecule has 0 aromatic rings. The van der Waals surface area contributed by atoms with E-state index in [1.165, 1.54) is 0 Å². The van der Waals surface area contributed by atoms with Gasteiger partial charge in [-0.3, -0.25) is 0 Å². The van der Waals surface area contributed by atoms with Crippen molar-refractivity contribution in [2.45, 2.75) is 432 Å². The van der Waals surface area contributed by atoms with Crippen LogP contribution in [-0.2, 0) is 94.3 Å². The summed E-state index contributed by atoms with van der Waals surface area (Å²) in [5.41, 5.74) is -2.55. The SMILES string of the molecule is C.C.C.C.C[Si](C)(C)O[Si](C)(C)CCCOCC(CO)(CO)COCCC[Si](C)(C)O[Si](C)(C)C.C[Si](C)(C)O[Si](C)(C)O[Si](C)(CCCOCC(CO)(CO)COCCC[Si](C)(O[Si](C)(C)C)O[Si](C)(C)O[Si](C)(C)C)O[Si](C)(C)C.C[Si](C)(C)O[Si](C)(C)O[Si](C)(CCCOCC(CO)(CO)COCCC[Si](C)(O[Si](C)(C)O[Si](C)(C)C)O[Si](C)(C)O[Si](C)(C)C)O[Si](C)(C)O[Si](C)(C)C. The molecule has 0 aromatic carbocycles. The van der Waals surface area contributed by atoms with Crippen LogP contribution in [0.25, 0.3) is 0 Å². The zero-order chi connectivity index (χ0) is 105. The molecule has 0 heterocycles. The summed E-state index contributed by atoms with van der Waals surface area (Å²) in [7, 11) is -46.1. The Labute approximate surface area is 870 Å². The molecule has 0 aliphatic heterocycles. The van der Waals surface area contributed by atoms with Gasteiger partial charge >= 0.3 is 85.6 Å². The number of aliphatic hydroxyl groups is 6. The Kier molecular flexibility index (Phi) is 71.2. The van der Waals surface area contributed by atoms with E-state index in [1.807, 2.05) is 0 Å². The van der Waals surface area contributed by atoms with Crippen LogP contribution >= 0.6 is 0 Å². The number of ether oxygens (including phenoxy) is 6. The zero-order valence-corrected chi connectivity index (χ0v) is 117. The highest BCUT2D eigenvalue weighted by atomic mass is 28.5. The van der Waals surface area contributed by atoms with Crippen LogP contribution in [0.5, 0.6) is 0 Å². The fourth-order valence-corrected chi connectivity index (χ4v) is 116. The average Bonchev–Trinajstić information content (AvgIpc) is 0.781. The van der Waals surface area contributed by atoms with Crippen LogP contribution in [0.1, 0.15) is 68.2 Å². The van der Waals surface area contributed by atoms with Gasteiger partial charge in [0.25, 0.3) is 0 Å². The second-order valence-corrected chi connectivity index (χ2v) is 143. The highest BCUT2D eigenvalue weighted by molar-refractivity contribution is 6.94. The minimum atomic E-state index is -2.74. The minimum Gasteiger partial charge on any atom is -0.456 e. The van der Waals surface area contributed by atoms with Gasteiger partial charge in [-0.25, -0.2) is 0 Å². The van der Waals surface area contributed by atoms with Crippen molar-refractivity contribution in [2.75, 3.05) is 119 Å². The van der Waals surface area contributed by atoms with E-state index >= 15 is 0 Å². The van der Waals surface area contributed by atoms with Gasteiger partial charge in [0.15, 0.2) is 99.8 Å². The third-order valence-corrected chi connectivity index (χ3v) is 93.1. The quantitative estimate of drug-likeness (QED) is 0.0243. The first-order chi connectivity index (χ1) is 58.9. The molecule has 0 fully saturated rings. The molecule has 137 heavy (non-hydrogen) atoms. The second-order valence-electron chi connectivity index (χ2n) is 51.6. The van der Waals surface area contributed by atoms with Crippen molar-refractivity contribution in [3.63, 3.8) is 0 Å². The third-order valence-electron chi connectivity index (χ3n) is 18.6. The summed E-state index contributed by atoms with van der Waals surface area (Å²) in [6.07, 6.45) is 4.82. The summed E-state index contributed by atoms with van der Waals surface area (Å²) in [6.45, 7) is 112. The van der Waals surface area contributed by atoms with Gasteiger partial charge in [0, 0.05) is 39.6 Å². The Morgan fingerprint density at radius 1 is 0.153 bits per heavy atom. The van der Waals surface area contributed by atoms with Gasteiger partial charge in [-0.15, -0.1) is 0 Å². The fourth-order valence-electron chi connectivity index (χ4n) is 17.0. The predicted molar refractivity (Wildman–Crippen MR) is 635 cm³/mol. The first kappa shape index (κ1) is 154. The van der Waals surface area contributed by atoms with Crippen molar-refractivity contribution in [1.82, 2.24) is 0 Å². The topological polar surface area (TPSA) is 324 Å². The summed E-state index contributed by atoms with van der Waals surface area (Å²) in [5.74, 6) is 0. The first-order valence-corrected chi connectivity index (χ1v) is 117. The smallest absolute Gasteiger partial charge is 0.317 e. The van der Waals surface area contributed by atoms with Gasteiger partial charge in [-0.1, -0.05) is 29.7 Å². The molecule has 0 radical (unpaired) electrons. The molecule has 0 aliphatic rings. The molecule has 0 bridgehead atoms. The molecular formula is C87H232O28Si22. The van der Waals surface area contributed by atoms with Gasteiger partial charge in [0.1, 0.15) is 0 Å². The summed E-state index contributed by atoms with van der Waals surface area (Å²) >= 11 is 0. The highest BCUT2D eigenvalue weighted by Crippen LogP contribution is 2.36. The van der Waals surface area contributed by atoms with E-state index in [0.29, 0.717) is 77.8 Å². The lowest BCUT2D eigenvalue weighted by atomic mass is 9.92. The van der Waals surface area contributed by atoms with Crippen molar-refractivity contribution >= 4 is 185 Å². The van der Waals surface area contributed by atoms with Crippen LogP contribution in [0.3, 0.4) is 0 Å². The van der Waals surface area contributed by atoms with Crippen molar-refractivity contribution in [2.24, 2.45) is 16.2 Å². The van der Waals surface area contributed by atoms with Gasteiger partial charge in [-0.2, -0.15) is 0 Å². The molecule has 0 spiro atoms. The van der Waals surface area contributed by atoms with Crippen molar-refractivity contribution < 1.29 is 125 Å². The highest BCUT2D eigenvalue weighted by Gasteiger charge is 2.52. The number of hydrogen-bond acceptors (Lipinski definition) is 28. The molecule has 0 rings (SSSR count). The Bertz CT molecular complexity index is 2870. The van der Waals surface area contributed by atoms with Crippen LogP contribution in [0.2, 0.25) is 364 Å². The Balaban J connectivity index is -0.000000378. The minimum absolute atomic E-state index is 0. The molecule has 0 aliphatic carbocycles. The molecule has 0 saturated heterocycles. The van der Waals surface area contributed by atoms with Gasteiger partial charge in [0.2, 0.25) is 0 Å². The molecule has 50 heteroatoms. The molecule has 0 saturated carbocycles. The lowest BCUT2D eigenvalue weighted by Crippen LogP contribution is -2.59. The average molecular weight is 2340 g/mol. The maximum absolute atomic E-state index is 10.4. The van der Waals surface area contributed by atoms with E-state index in [1.54, 1.807) is 0 Å². The van der Waals surface area contributed by atoms with E-state index in [0.717, 1.165) is 49.9 Å². The van der Waals surface area contributed by atoms with Gasteiger partial charge < -0.3 is 125 Å². The lowest BCUT2D eigenvalue weighted by Gasteiger charge is -2.43. The van der Waals surface area contributed by atoms with Crippen molar-refractivity contribution in [3.05, 3.63) is 0 Å². The molecule has 2 atom stereocenters. The van der Waals surface area contributed by atoms with E-state index in [-0.39, 0.29) is 95.8 Å². The van der Waals surface area contributed by atoms with Gasteiger partial charge in [0.05, 0.1) is 95.5 Å². The number of hydrogen-bond donors (Lipinski definition) is 6. The molecule has 0 aromatic heterocycles. The molecule has 2 unspecified atom stereocenters. The number of aliphatic hydroxyl groups excluding tert-OH is 6. The normalized spacial score (nSPS) is 15.2. The second kappa shape index (κ2) is 63.5. The van der Waals surface area contributed by atoms with Crippen molar-refractivity contribution in [1.29, 1.82) is 0 Å². The molecule has 6 N–H and O–H groups in total. The van der Waals surface area contributed by atoms with E-state index in [9.17, 15) is 30.6 Å². The molecule has 0 amide bonds. The molecular weight excluding hydrogens is 2110 g/mol. The van der Waals surface area contributed by atoms with Crippen LogP contribution in [0.4, 0.5) is 0 Å². The Morgan fingerprint density at radius 3 is 0.387 bits per heavy atom. The fraction of sp³-hybridized carbons (Fsp3) is 1.00. The van der Waals surface area contributed by atoms with E-state index in [4.69, 9.17) is 94.3 Å². The zero-order valence-electron chi connectivity index (χ0n) is 95.4. The Hall–Kier alpha value is 3.65. The largest absolute Gasteiger partial charge is 0.456 e. The maximum Gasteiger partial charge on any atom is 0.317 e. The summed E-state index contributed by atoms with van der Waals surface area (Å²) in [4.78, 5) is 0. The molecule has 28 nitrogen and oxygen atoms in total. The van der Waals surface area contributed by atoms with Crippen LogP contribution in [-0.4, -0.2) is 335 Å². The van der Waals surface area contributed by atoms with E-state index < -0.39 is 202 Å². The summed E-state index contributed by atoms with van der Waals surface area (Å²) in [6, 6.07) is 5.11. The maximum atomic E-state index is 10.4.